The van der Waals surface area contributed by atoms with Crippen molar-refractivity contribution in [2.24, 2.45) is 0 Å². The van der Waals surface area contributed by atoms with Gasteiger partial charge in [0, 0.05) is 16.8 Å². The molecule has 1 saturated heterocycles. The number of aromatic nitrogens is 3. The number of benzene rings is 1. The van der Waals surface area contributed by atoms with Gasteiger partial charge < -0.3 is 4.90 Å². The van der Waals surface area contributed by atoms with Gasteiger partial charge in [0.2, 0.25) is 5.91 Å². The van der Waals surface area contributed by atoms with Gasteiger partial charge in [-0.15, -0.1) is 22.7 Å². The van der Waals surface area contributed by atoms with Gasteiger partial charge >= 0.3 is 0 Å². The van der Waals surface area contributed by atoms with Crippen molar-refractivity contribution >= 4 is 60.8 Å². The molecular formula is C22H22N4OS3. The van der Waals surface area contributed by atoms with Crippen molar-refractivity contribution in [2.75, 3.05) is 12.3 Å². The van der Waals surface area contributed by atoms with E-state index < -0.39 is 0 Å². The van der Waals surface area contributed by atoms with Crippen molar-refractivity contribution < 1.29 is 4.79 Å². The van der Waals surface area contributed by atoms with Gasteiger partial charge in [0.15, 0.2) is 0 Å². The number of rotatable bonds is 4. The molecule has 0 unspecified atom stereocenters. The van der Waals surface area contributed by atoms with E-state index in [9.17, 15) is 4.79 Å². The Kier molecular flexibility index (Phi) is 5.24. The number of nitrogens with zero attached hydrogens (tertiary/aromatic N) is 4. The molecule has 8 heteroatoms. The monoisotopic (exact) mass is 454 g/mol. The van der Waals surface area contributed by atoms with E-state index in [4.69, 9.17) is 4.98 Å². The van der Waals surface area contributed by atoms with Gasteiger partial charge in [-0.05, 0) is 51.3 Å². The molecule has 3 aromatic heterocycles. The Morgan fingerprint density at radius 2 is 2.00 bits per heavy atom. The normalized spacial score (nSPS) is 16.8. The van der Waals surface area contributed by atoms with Crippen LogP contribution in [0.2, 0.25) is 0 Å². The molecule has 5 rings (SSSR count). The summed E-state index contributed by atoms with van der Waals surface area (Å²) in [6.45, 7) is 6.94. The lowest BCUT2D eigenvalue weighted by Gasteiger charge is -2.23. The van der Waals surface area contributed by atoms with Gasteiger partial charge in [0.05, 0.1) is 22.0 Å². The molecule has 0 radical (unpaired) electrons. The molecule has 1 atom stereocenters. The molecule has 1 aliphatic rings. The number of amides is 1. The summed E-state index contributed by atoms with van der Waals surface area (Å²) in [7, 11) is 0. The van der Waals surface area contributed by atoms with Crippen LogP contribution < -0.4 is 0 Å². The number of carbonyl (C=O) groups is 1. The molecule has 4 heterocycles. The maximum atomic E-state index is 13.2. The highest BCUT2D eigenvalue weighted by Gasteiger charge is 2.32. The van der Waals surface area contributed by atoms with Crippen LogP contribution in [0.5, 0.6) is 0 Å². The number of hydrogen-bond donors (Lipinski definition) is 0. The Labute approximate surface area is 187 Å². The van der Waals surface area contributed by atoms with Gasteiger partial charge in [-0.2, -0.15) is 0 Å². The maximum absolute atomic E-state index is 13.2. The smallest absolute Gasteiger partial charge is 0.233 e. The van der Waals surface area contributed by atoms with E-state index >= 15 is 0 Å². The molecule has 4 aromatic rings. The highest BCUT2D eigenvalue weighted by Crippen LogP contribution is 2.38. The largest absolute Gasteiger partial charge is 0.332 e. The molecule has 0 saturated carbocycles. The number of para-hydroxylation sites is 1. The van der Waals surface area contributed by atoms with Crippen LogP contribution in [-0.2, 0) is 4.79 Å². The van der Waals surface area contributed by atoms with E-state index in [1.54, 1.807) is 22.7 Å². The highest BCUT2D eigenvalue weighted by atomic mass is 32.2. The first-order valence-electron chi connectivity index (χ1n) is 10.0. The Morgan fingerprint density at radius 1 is 1.17 bits per heavy atom. The maximum Gasteiger partial charge on any atom is 0.233 e. The zero-order chi connectivity index (χ0) is 20.8. The van der Waals surface area contributed by atoms with Crippen LogP contribution in [0.3, 0.4) is 0 Å². The number of likely N-dealkylation sites (tertiary alicyclic amines) is 1. The van der Waals surface area contributed by atoms with Crippen molar-refractivity contribution in [3.63, 3.8) is 0 Å². The second kappa shape index (κ2) is 7.90. The minimum absolute atomic E-state index is 0.0905. The zero-order valence-electron chi connectivity index (χ0n) is 17.1. The average Bonchev–Trinajstić information content (AvgIpc) is 3.43. The van der Waals surface area contributed by atoms with E-state index in [0.29, 0.717) is 5.75 Å². The fourth-order valence-electron chi connectivity index (χ4n) is 3.99. The predicted octanol–water partition coefficient (Wildman–Crippen LogP) is 5.68. The summed E-state index contributed by atoms with van der Waals surface area (Å²) in [6, 6.07) is 8.28. The zero-order valence-corrected chi connectivity index (χ0v) is 19.6. The molecule has 30 heavy (non-hydrogen) atoms. The molecule has 0 aliphatic carbocycles. The summed E-state index contributed by atoms with van der Waals surface area (Å²) in [5.41, 5.74) is 2.24. The van der Waals surface area contributed by atoms with Gasteiger partial charge in [-0.25, -0.2) is 15.0 Å². The molecule has 0 spiro atoms. The van der Waals surface area contributed by atoms with Gasteiger partial charge in [-0.1, -0.05) is 23.9 Å². The third-order valence-corrected chi connectivity index (χ3v) is 8.81. The van der Waals surface area contributed by atoms with Crippen molar-refractivity contribution in [1.82, 2.24) is 19.9 Å². The lowest BCUT2D eigenvalue weighted by molar-refractivity contribution is -0.129. The molecule has 0 bridgehead atoms. The third kappa shape index (κ3) is 3.50. The van der Waals surface area contributed by atoms with Gasteiger partial charge in [0.1, 0.15) is 20.7 Å². The summed E-state index contributed by atoms with van der Waals surface area (Å²) in [5, 5.41) is 3.07. The average molecular weight is 455 g/mol. The van der Waals surface area contributed by atoms with Crippen LogP contribution in [0.1, 0.15) is 40.2 Å². The lowest BCUT2D eigenvalue weighted by atomic mass is 10.2. The Hall–Kier alpha value is -2.03. The number of hydrogen-bond acceptors (Lipinski definition) is 7. The number of carbonyl (C=O) groups excluding carboxylic acids is 1. The van der Waals surface area contributed by atoms with Crippen molar-refractivity contribution in [1.29, 1.82) is 0 Å². The summed E-state index contributed by atoms with van der Waals surface area (Å²) < 4.78 is 1.18. The fourth-order valence-corrected chi connectivity index (χ4v) is 7.26. The topological polar surface area (TPSA) is 59.0 Å². The van der Waals surface area contributed by atoms with Crippen LogP contribution in [0.4, 0.5) is 0 Å². The lowest BCUT2D eigenvalue weighted by Crippen LogP contribution is -2.31. The van der Waals surface area contributed by atoms with Gasteiger partial charge in [-0.3, -0.25) is 4.79 Å². The molecular weight excluding hydrogens is 432 g/mol. The first kappa shape index (κ1) is 19.9. The first-order valence-corrected chi connectivity index (χ1v) is 12.6. The van der Waals surface area contributed by atoms with Crippen LogP contribution in [0, 0.1) is 20.8 Å². The van der Waals surface area contributed by atoms with Crippen LogP contribution in [0.15, 0.2) is 29.3 Å². The van der Waals surface area contributed by atoms with Crippen LogP contribution in [-0.4, -0.2) is 38.1 Å². The molecule has 1 aliphatic heterocycles. The van der Waals surface area contributed by atoms with Gasteiger partial charge in [0.25, 0.3) is 0 Å². The Morgan fingerprint density at radius 3 is 2.83 bits per heavy atom. The number of aryl methyl sites for hydroxylation is 3. The summed E-state index contributed by atoms with van der Waals surface area (Å²) >= 11 is 4.94. The number of thiophene rings is 1. The SMILES string of the molecule is Cc1nc(SCC(=O)N2CCC[C@@H]2c2nc3ccccc3s2)c2c(C)c(C)sc2n1. The molecule has 0 N–H and O–H groups in total. The molecule has 1 amide bonds. The number of thioether (sulfide) groups is 1. The van der Waals surface area contributed by atoms with E-state index in [-0.39, 0.29) is 11.9 Å². The molecule has 1 fully saturated rings. The molecule has 154 valence electrons. The third-order valence-electron chi connectivity index (χ3n) is 5.61. The number of thiazole rings is 1. The fraction of sp³-hybridized carbons (Fsp3) is 0.364. The Bertz CT molecular complexity index is 1230. The summed E-state index contributed by atoms with van der Waals surface area (Å²) in [6.07, 6.45) is 2.01. The van der Waals surface area contributed by atoms with E-state index in [0.717, 1.165) is 51.0 Å². The van der Waals surface area contributed by atoms with E-state index in [2.05, 4.69) is 29.9 Å². The number of fused-ring (bicyclic) bond motifs is 2. The standard InChI is InChI=1S/C22H22N4OS3/c1-12-13(2)29-22-19(12)21(23-14(3)24-22)28-11-18(27)26-10-6-8-16(26)20-25-15-7-4-5-9-17(15)30-20/h4-5,7,9,16H,6,8,10-11H2,1-3H3/t16-/m1/s1. The predicted molar refractivity (Wildman–Crippen MR) is 126 cm³/mol. The quantitative estimate of drug-likeness (QED) is 0.293. The first-order chi connectivity index (χ1) is 14.5. The molecule has 1 aromatic carbocycles. The van der Waals surface area contributed by atoms with Crippen LogP contribution >= 0.6 is 34.4 Å². The van der Waals surface area contributed by atoms with E-state index in [1.165, 1.54) is 26.9 Å². The molecule has 5 nitrogen and oxygen atoms in total. The second-order valence-corrected chi connectivity index (χ2v) is 10.8. The summed E-state index contributed by atoms with van der Waals surface area (Å²) in [4.78, 5) is 31.5. The van der Waals surface area contributed by atoms with Crippen molar-refractivity contribution in [3.8, 4) is 0 Å². The summed E-state index contributed by atoms with van der Waals surface area (Å²) in [5.74, 6) is 1.31. The van der Waals surface area contributed by atoms with Crippen molar-refractivity contribution in [3.05, 3.63) is 45.5 Å². The minimum Gasteiger partial charge on any atom is -0.332 e. The Balaban J connectivity index is 1.37. The van der Waals surface area contributed by atoms with Crippen LogP contribution in [0.25, 0.3) is 20.4 Å². The highest BCUT2D eigenvalue weighted by molar-refractivity contribution is 8.00. The second-order valence-electron chi connectivity index (χ2n) is 7.59. The van der Waals surface area contributed by atoms with Crippen molar-refractivity contribution in [2.45, 2.75) is 44.7 Å². The van der Waals surface area contributed by atoms with E-state index in [1.807, 2.05) is 30.0 Å². The minimum atomic E-state index is 0.0905.